The molecule has 3 heterocycles. The molecule has 1 saturated heterocycles. The summed E-state index contributed by atoms with van der Waals surface area (Å²) < 4.78 is 37.6. The molecule has 2 aliphatic heterocycles. The number of hydrogen-bond donors (Lipinski definition) is 2. The standard InChI is InChI=1S/C33H35ClFN5O5/c1-21(22-6-8-23(35)9-7-22)38-33(41)39-26-11-10-24(18-25(26)34)45-32-29-27(36-20-37-32)19-28(30-31(29)44-17-16-43-30)42-15-5-14-40-12-3-2-4-13-40/h6-11,18-21H,2-5,12-17H2,1H3,(H2,38,39,41)/t21-/m1/s1. The minimum Gasteiger partial charge on any atom is -0.489 e. The number of hydrogen-bond acceptors (Lipinski definition) is 8. The third-order valence-electron chi connectivity index (χ3n) is 7.79. The van der Waals surface area contributed by atoms with E-state index in [1.165, 1.54) is 37.7 Å². The predicted molar refractivity (Wildman–Crippen MR) is 169 cm³/mol. The Kier molecular flexibility index (Phi) is 9.66. The minimum absolute atomic E-state index is 0.261. The lowest BCUT2D eigenvalue weighted by Crippen LogP contribution is -2.31. The SMILES string of the molecule is C[C@@H](NC(=O)Nc1ccc(Oc2ncnc3cc(OCCCN4CCCCC4)c4c(c23)OCCO4)cc1Cl)c1ccc(F)cc1. The number of piperidine rings is 1. The number of carbonyl (C=O) groups is 1. The van der Waals surface area contributed by atoms with Crippen LogP contribution in [0.1, 0.15) is 44.2 Å². The van der Waals surface area contributed by atoms with E-state index in [0.717, 1.165) is 31.6 Å². The number of fused-ring (bicyclic) bond motifs is 3. The number of benzene rings is 3. The molecule has 0 aliphatic carbocycles. The highest BCUT2D eigenvalue weighted by Crippen LogP contribution is 2.48. The fourth-order valence-corrected chi connectivity index (χ4v) is 5.70. The predicted octanol–water partition coefficient (Wildman–Crippen LogP) is 7.12. The third-order valence-corrected chi connectivity index (χ3v) is 8.10. The van der Waals surface area contributed by atoms with Crippen molar-refractivity contribution in [3.05, 3.63) is 71.3 Å². The van der Waals surface area contributed by atoms with Crippen LogP contribution in [0.15, 0.2) is 54.9 Å². The van der Waals surface area contributed by atoms with E-state index >= 15 is 0 Å². The van der Waals surface area contributed by atoms with E-state index < -0.39 is 6.03 Å². The molecule has 3 aromatic carbocycles. The topological polar surface area (TPSA) is 107 Å². The van der Waals surface area contributed by atoms with Crippen LogP contribution in [0.5, 0.6) is 28.9 Å². The molecule has 0 bridgehead atoms. The van der Waals surface area contributed by atoms with E-state index in [9.17, 15) is 9.18 Å². The van der Waals surface area contributed by atoms with Gasteiger partial charge in [-0.2, -0.15) is 0 Å². The van der Waals surface area contributed by atoms with Crippen molar-refractivity contribution in [1.29, 1.82) is 0 Å². The van der Waals surface area contributed by atoms with E-state index in [0.29, 0.717) is 59.4 Å². The molecule has 0 radical (unpaired) electrons. The lowest BCUT2D eigenvalue weighted by atomic mass is 10.1. The Morgan fingerprint density at radius 3 is 2.60 bits per heavy atom. The van der Waals surface area contributed by atoms with Crippen LogP contribution in [0.4, 0.5) is 14.9 Å². The van der Waals surface area contributed by atoms with Crippen LogP contribution in [0.3, 0.4) is 0 Å². The molecular formula is C33H35ClFN5O5. The fraction of sp³-hybridized carbons (Fsp3) is 0.364. The zero-order chi connectivity index (χ0) is 31.2. The van der Waals surface area contributed by atoms with E-state index in [2.05, 4.69) is 25.5 Å². The first-order valence-electron chi connectivity index (χ1n) is 15.2. The second kappa shape index (κ2) is 14.2. The third kappa shape index (κ3) is 7.49. The molecule has 2 aliphatic rings. The van der Waals surface area contributed by atoms with Crippen molar-refractivity contribution in [2.45, 2.75) is 38.6 Å². The fourth-order valence-electron chi connectivity index (χ4n) is 5.48. The number of nitrogens with one attached hydrogen (secondary N) is 2. The van der Waals surface area contributed by atoms with Gasteiger partial charge in [0.05, 0.1) is 28.9 Å². The van der Waals surface area contributed by atoms with Gasteiger partial charge in [-0.1, -0.05) is 30.2 Å². The lowest BCUT2D eigenvalue weighted by Gasteiger charge is -2.26. The van der Waals surface area contributed by atoms with Crippen molar-refractivity contribution >= 4 is 34.2 Å². The molecule has 2 amide bonds. The first-order chi connectivity index (χ1) is 21.9. The van der Waals surface area contributed by atoms with E-state index in [4.69, 9.17) is 30.5 Å². The van der Waals surface area contributed by atoms with Crippen LogP contribution < -0.4 is 29.6 Å². The molecule has 1 fully saturated rings. The summed E-state index contributed by atoms with van der Waals surface area (Å²) >= 11 is 6.51. The van der Waals surface area contributed by atoms with Gasteiger partial charge >= 0.3 is 6.03 Å². The number of amides is 2. The Morgan fingerprint density at radius 2 is 1.82 bits per heavy atom. The normalized spacial score (nSPS) is 15.4. The number of ether oxygens (including phenoxy) is 4. The average molecular weight is 636 g/mol. The molecule has 0 spiro atoms. The zero-order valence-corrected chi connectivity index (χ0v) is 25.7. The number of likely N-dealkylation sites (tertiary alicyclic amines) is 1. The van der Waals surface area contributed by atoms with Crippen LogP contribution in [-0.2, 0) is 0 Å². The van der Waals surface area contributed by atoms with Crippen LogP contribution in [0.25, 0.3) is 10.9 Å². The van der Waals surface area contributed by atoms with Gasteiger partial charge in [0.15, 0.2) is 11.5 Å². The highest BCUT2D eigenvalue weighted by atomic mass is 35.5. The summed E-state index contributed by atoms with van der Waals surface area (Å²) in [5, 5.41) is 6.37. The molecule has 12 heteroatoms. The molecule has 2 N–H and O–H groups in total. The van der Waals surface area contributed by atoms with E-state index in [-0.39, 0.29) is 22.8 Å². The second-order valence-corrected chi connectivity index (χ2v) is 11.4. The Hall–Kier alpha value is -4.35. The summed E-state index contributed by atoms with van der Waals surface area (Å²) in [5.74, 6) is 1.87. The first kappa shape index (κ1) is 30.7. The summed E-state index contributed by atoms with van der Waals surface area (Å²) in [5.41, 5.74) is 1.74. The maximum atomic E-state index is 13.2. The van der Waals surface area contributed by atoms with Crippen LogP contribution in [0.2, 0.25) is 5.02 Å². The van der Waals surface area contributed by atoms with Gasteiger partial charge < -0.3 is 34.5 Å². The van der Waals surface area contributed by atoms with E-state index in [1.807, 2.05) is 6.07 Å². The van der Waals surface area contributed by atoms with Gasteiger partial charge in [0.2, 0.25) is 11.6 Å². The van der Waals surface area contributed by atoms with Gasteiger partial charge in [-0.15, -0.1) is 0 Å². The van der Waals surface area contributed by atoms with Crippen molar-refractivity contribution in [3.8, 4) is 28.9 Å². The smallest absolute Gasteiger partial charge is 0.319 e. The van der Waals surface area contributed by atoms with E-state index in [1.54, 1.807) is 37.3 Å². The summed E-state index contributed by atoms with van der Waals surface area (Å²) in [6, 6.07) is 11.8. The number of rotatable bonds is 10. The highest BCUT2D eigenvalue weighted by Gasteiger charge is 2.25. The summed E-state index contributed by atoms with van der Waals surface area (Å²) in [4.78, 5) is 23.9. The molecular weight excluding hydrogens is 601 g/mol. The van der Waals surface area contributed by atoms with Gasteiger partial charge in [0, 0.05) is 18.7 Å². The minimum atomic E-state index is -0.461. The molecule has 6 rings (SSSR count). The van der Waals surface area contributed by atoms with Crippen LogP contribution in [-0.4, -0.2) is 60.4 Å². The molecule has 1 atom stereocenters. The van der Waals surface area contributed by atoms with Crippen molar-refractivity contribution in [3.63, 3.8) is 0 Å². The van der Waals surface area contributed by atoms with Crippen LogP contribution >= 0.6 is 11.6 Å². The van der Waals surface area contributed by atoms with Gasteiger partial charge in [-0.25, -0.2) is 19.2 Å². The number of urea groups is 1. The first-order valence-corrected chi connectivity index (χ1v) is 15.6. The van der Waals surface area contributed by atoms with Gasteiger partial charge in [-0.05, 0) is 69.1 Å². The van der Waals surface area contributed by atoms with Crippen molar-refractivity contribution < 1.29 is 28.1 Å². The molecule has 1 aromatic heterocycles. The number of carbonyl (C=O) groups excluding carboxylic acids is 1. The highest BCUT2D eigenvalue weighted by molar-refractivity contribution is 6.33. The zero-order valence-electron chi connectivity index (χ0n) is 25.0. The van der Waals surface area contributed by atoms with Crippen molar-refractivity contribution in [1.82, 2.24) is 20.2 Å². The molecule has 10 nitrogen and oxygen atoms in total. The Balaban J connectivity index is 1.14. The van der Waals surface area contributed by atoms with Crippen molar-refractivity contribution in [2.24, 2.45) is 0 Å². The maximum absolute atomic E-state index is 13.2. The molecule has 0 unspecified atom stereocenters. The molecule has 4 aromatic rings. The lowest BCUT2D eigenvalue weighted by molar-refractivity contribution is 0.161. The number of halogens is 2. The Morgan fingerprint density at radius 1 is 1.04 bits per heavy atom. The Bertz CT molecular complexity index is 1650. The van der Waals surface area contributed by atoms with Gasteiger partial charge in [0.25, 0.3) is 0 Å². The Labute approximate surface area is 265 Å². The number of nitrogens with zero attached hydrogens (tertiary/aromatic N) is 3. The number of anilines is 1. The largest absolute Gasteiger partial charge is 0.489 e. The van der Waals surface area contributed by atoms with Crippen LogP contribution in [0, 0.1) is 5.82 Å². The summed E-state index contributed by atoms with van der Waals surface area (Å²) in [6.07, 6.45) is 6.16. The maximum Gasteiger partial charge on any atom is 0.319 e. The average Bonchev–Trinajstić information content (AvgIpc) is 3.05. The summed E-state index contributed by atoms with van der Waals surface area (Å²) in [7, 11) is 0. The second-order valence-electron chi connectivity index (χ2n) is 11.0. The molecule has 0 saturated carbocycles. The summed E-state index contributed by atoms with van der Waals surface area (Å²) in [6.45, 7) is 6.42. The molecule has 236 valence electrons. The van der Waals surface area contributed by atoms with Gasteiger partial charge in [-0.3, -0.25) is 0 Å². The molecule has 45 heavy (non-hydrogen) atoms. The number of aromatic nitrogens is 2. The quantitative estimate of drug-likeness (QED) is 0.177. The van der Waals surface area contributed by atoms with Crippen molar-refractivity contribution in [2.75, 3.05) is 44.8 Å². The van der Waals surface area contributed by atoms with Gasteiger partial charge in [0.1, 0.15) is 36.5 Å². The monoisotopic (exact) mass is 635 g/mol.